The largest absolute Gasteiger partial charge is 0.299 e. The summed E-state index contributed by atoms with van der Waals surface area (Å²) in [6.45, 7) is 4.07. The molecule has 5 heteroatoms. The molecule has 7 aliphatic rings. The molecule has 4 aromatic rings. The van der Waals surface area contributed by atoms with Crippen LogP contribution in [0.25, 0.3) is 0 Å². The van der Waals surface area contributed by atoms with Gasteiger partial charge in [-0.2, -0.15) is 21.0 Å². The summed E-state index contributed by atoms with van der Waals surface area (Å²) in [4.78, 5) is 16.1. The molecular formula is C42H28N4O. The van der Waals surface area contributed by atoms with Gasteiger partial charge in [-0.3, -0.25) is 4.79 Å². The van der Waals surface area contributed by atoms with Crippen molar-refractivity contribution in [1.82, 2.24) is 0 Å². The summed E-state index contributed by atoms with van der Waals surface area (Å²) in [6, 6.07) is 41.4. The second-order valence-electron chi connectivity index (χ2n) is 14.0. The molecule has 4 atom stereocenters. The first kappa shape index (κ1) is 27.6. The molecule has 11 rings (SSSR count). The first-order chi connectivity index (χ1) is 22.9. The smallest absolute Gasteiger partial charge is 0.148 e. The molecule has 5 nitrogen and oxygen atoms in total. The van der Waals surface area contributed by atoms with Crippen LogP contribution in [0.15, 0.2) is 109 Å². The Morgan fingerprint density at radius 3 is 1.23 bits per heavy atom. The van der Waals surface area contributed by atoms with Crippen molar-refractivity contribution in [3.8, 4) is 24.3 Å². The molecule has 0 saturated heterocycles. The summed E-state index contributed by atoms with van der Waals surface area (Å²) in [5, 5.41) is 46.6. The van der Waals surface area contributed by atoms with Gasteiger partial charge >= 0.3 is 0 Å². The van der Waals surface area contributed by atoms with E-state index >= 15 is 4.79 Å². The van der Waals surface area contributed by atoms with Crippen LogP contribution in [0.2, 0.25) is 0 Å². The lowest BCUT2D eigenvalue weighted by Crippen LogP contribution is -2.64. The minimum atomic E-state index is -1.45. The van der Waals surface area contributed by atoms with Crippen LogP contribution in [0.1, 0.15) is 58.4 Å². The fourth-order valence-corrected chi connectivity index (χ4v) is 10.9. The van der Waals surface area contributed by atoms with E-state index in [2.05, 4.69) is 30.4 Å². The number of rotatable bonds is 1. The van der Waals surface area contributed by atoms with E-state index in [1.54, 1.807) is 0 Å². The van der Waals surface area contributed by atoms with Crippen molar-refractivity contribution in [2.24, 2.45) is 29.6 Å². The zero-order valence-corrected chi connectivity index (χ0v) is 25.9. The molecule has 0 unspecified atom stereocenters. The van der Waals surface area contributed by atoms with Gasteiger partial charge < -0.3 is 0 Å². The lowest BCUT2D eigenvalue weighted by Gasteiger charge is -2.60. The Morgan fingerprint density at radius 1 is 0.532 bits per heavy atom. The van der Waals surface area contributed by atoms with Gasteiger partial charge in [-0.25, -0.2) is 0 Å². The SMILES string of the molecule is CC(C)C1=C[C@@H]2[C@H]3[C@@H](C(=O)[C@H]1C1(C#N)c4ccccc4C2(C#N)c2ccccc21)C1(C#N)c2ccccc2C3(C#N)c2ccccc21. The van der Waals surface area contributed by atoms with Crippen LogP contribution in [0, 0.1) is 74.9 Å². The summed E-state index contributed by atoms with van der Waals surface area (Å²) in [6.07, 6.45) is 2.11. The molecule has 0 saturated carbocycles. The lowest BCUT2D eigenvalue weighted by molar-refractivity contribution is -0.132. The molecule has 47 heavy (non-hydrogen) atoms. The number of ketones is 1. The van der Waals surface area contributed by atoms with Gasteiger partial charge in [0.1, 0.15) is 27.4 Å². The number of hydrogen-bond donors (Lipinski definition) is 0. The predicted molar refractivity (Wildman–Crippen MR) is 173 cm³/mol. The van der Waals surface area contributed by atoms with Crippen LogP contribution >= 0.6 is 0 Å². The molecule has 0 aromatic heterocycles. The van der Waals surface area contributed by atoms with Crippen LogP contribution in [-0.4, -0.2) is 5.78 Å². The van der Waals surface area contributed by atoms with Crippen LogP contribution in [-0.2, 0) is 26.5 Å². The summed E-state index contributed by atoms with van der Waals surface area (Å²) in [5.74, 6) is -3.75. The summed E-state index contributed by atoms with van der Waals surface area (Å²) >= 11 is 0. The zero-order valence-electron chi connectivity index (χ0n) is 25.9. The van der Waals surface area contributed by atoms with E-state index in [1.165, 1.54) is 0 Å². The van der Waals surface area contributed by atoms with Gasteiger partial charge in [0.2, 0.25) is 0 Å². The molecule has 0 spiro atoms. The first-order valence-electron chi connectivity index (χ1n) is 16.2. The molecule has 6 bridgehead atoms. The van der Waals surface area contributed by atoms with Gasteiger partial charge in [0, 0.05) is 11.8 Å². The van der Waals surface area contributed by atoms with E-state index in [0.29, 0.717) is 33.4 Å². The van der Waals surface area contributed by atoms with Crippen LogP contribution < -0.4 is 0 Å². The maximum atomic E-state index is 16.1. The molecule has 0 radical (unpaired) electrons. The summed E-state index contributed by atoms with van der Waals surface area (Å²) in [5.41, 5.74) is 0.721. The van der Waals surface area contributed by atoms with E-state index < -0.39 is 45.3 Å². The molecule has 0 fully saturated rings. The van der Waals surface area contributed by atoms with E-state index in [1.807, 2.05) is 111 Å². The zero-order chi connectivity index (χ0) is 32.5. The highest BCUT2D eigenvalue weighted by molar-refractivity contribution is 5.97. The third-order valence-electron chi connectivity index (χ3n) is 12.4. The Labute approximate surface area is 273 Å². The van der Waals surface area contributed by atoms with Gasteiger partial charge in [0.15, 0.2) is 0 Å². The van der Waals surface area contributed by atoms with Gasteiger partial charge in [0.05, 0.1) is 36.1 Å². The van der Waals surface area contributed by atoms with Crippen LogP contribution in [0.4, 0.5) is 0 Å². The monoisotopic (exact) mass is 604 g/mol. The lowest BCUT2D eigenvalue weighted by atomic mass is 9.37. The van der Waals surface area contributed by atoms with Crippen molar-refractivity contribution < 1.29 is 4.79 Å². The predicted octanol–water partition coefficient (Wildman–Crippen LogP) is 6.91. The Balaban J connectivity index is 1.57. The average Bonchev–Trinajstić information content (AvgIpc) is 3.23. The van der Waals surface area contributed by atoms with E-state index in [9.17, 15) is 21.0 Å². The normalized spacial score (nSPS) is 34.4. The number of carbonyl (C=O) groups excluding carboxylic acids is 1. The van der Waals surface area contributed by atoms with E-state index in [4.69, 9.17) is 0 Å². The number of allylic oxidation sites excluding steroid dienone is 2. The number of Topliss-reactive ketones (excluding diaryl/α,β-unsaturated/α-hetero) is 1. The van der Waals surface area contributed by atoms with Crippen molar-refractivity contribution in [3.63, 3.8) is 0 Å². The Hall–Kier alpha value is -5.75. The van der Waals surface area contributed by atoms with Gasteiger partial charge in [-0.15, -0.1) is 0 Å². The Kier molecular flexibility index (Phi) is 5.12. The van der Waals surface area contributed by atoms with Gasteiger partial charge in [-0.05, 0) is 50.4 Å². The molecule has 222 valence electrons. The topological polar surface area (TPSA) is 112 Å². The van der Waals surface area contributed by atoms with E-state index in [0.717, 1.165) is 16.7 Å². The van der Waals surface area contributed by atoms with Gasteiger partial charge in [0.25, 0.3) is 0 Å². The summed E-state index contributed by atoms with van der Waals surface area (Å²) in [7, 11) is 0. The van der Waals surface area contributed by atoms with Crippen molar-refractivity contribution in [1.29, 1.82) is 21.0 Å². The van der Waals surface area contributed by atoms with Gasteiger partial charge in [-0.1, -0.05) is 123 Å². The first-order valence-corrected chi connectivity index (χ1v) is 16.2. The highest BCUT2D eigenvalue weighted by Gasteiger charge is 2.76. The minimum Gasteiger partial charge on any atom is -0.299 e. The Bertz CT molecular complexity index is 2220. The molecule has 4 aromatic carbocycles. The third-order valence-corrected chi connectivity index (χ3v) is 12.4. The molecule has 0 aliphatic heterocycles. The highest BCUT2D eigenvalue weighted by Crippen LogP contribution is 2.73. The quantitative estimate of drug-likeness (QED) is 0.219. The van der Waals surface area contributed by atoms with Crippen molar-refractivity contribution in [2.75, 3.05) is 0 Å². The number of nitrogens with zero attached hydrogens (tertiary/aromatic N) is 4. The number of hydrogen-bond acceptors (Lipinski definition) is 5. The number of benzene rings is 4. The molecule has 0 amide bonds. The second-order valence-corrected chi connectivity index (χ2v) is 14.0. The fraction of sp³-hybridized carbons (Fsp3) is 0.262. The number of nitriles is 4. The van der Waals surface area contributed by atoms with Crippen molar-refractivity contribution in [2.45, 2.75) is 35.5 Å². The maximum absolute atomic E-state index is 16.1. The molecule has 7 aliphatic carbocycles. The van der Waals surface area contributed by atoms with Crippen LogP contribution in [0.3, 0.4) is 0 Å². The van der Waals surface area contributed by atoms with Crippen LogP contribution in [0.5, 0.6) is 0 Å². The molecule has 0 N–H and O–H groups in total. The second kappa shape index (κ2) is 8.74. The highest BCUT2D eigenvalue weighted by atomic mass is 16.1. The number of carbonyl (C=O) groups is 1. The van der Waals surface area contributed by atoms with E-state index in [-0.39, 0.29) is 11.7 Å². The Morgan fingerprint density at radius 2 is 0.872 bits per heavy atom. The maximum Gasteiger partial charge on any atom is 0.148 e. The molecular weight excluding hydrogens is 576 g/mol. The minimum absolute atomic E-state index is 0.148. The average molecular weight is 605 g/mol. The summed E-state index contributed by atoms with van der Waals surface area (Å²) < 4.78 is 0. The third kappa shape index (κ3) is 2.61. The fourth-order valence-electron chi connectivity index (χ4n) is 10.9. The van der Waals surface area contributed by atoms with Crippen molar-refractivity contribution in [3.05, 3.63) is 153 Å². The standard InChI is InChI=1S/C42H28N4O/c1-24(2)25-19-34-36-37(42(23-46)32-17-9-7-15-30(32)41(36,22-45)31-16-8-10-18-33(31)42)38(47)35(25)40(21-44)28-13-5-3-11-26(28)39(34,20-43)27-12-4-6-14-29(27)40/h3-19,24,34-37H,1-2H3/t34-,35+,36+,37+,39?,40?,41?,42?/m1/s1. The van der Waals surface area contributed by atoms with Crippen molar-refractivity contribution >= 4 is 5.78 Å². The molecule has 0 heterocycles.